The molecule has 1 aromatic carbocycles. The Hall–Kier alpha value is -4.01. The SMILES string of the molecule is CNC(=O)c1c(F)cnc2c(C(C)C(C)CNc3cc(-c4ccc(F)nc4)ncn3)cccc12. The van der Waals surface area contributed by atoms with Crippen LogP contribution in [0.2, 0.25) is 0 Å². The number of aromatic nitrogens is 4. The third-order valence-electron chi connectivity index (χ3n) is 5.98. The Morgan fingerprint density at radius 2 is 1.85 bits per heavy atom. The number of anilines is 1. The summed E-state index contributed by atoms with van der Waals surface area (Å²) in [6.07, 6.45) is 3.97. The fourth-order valence-electron chi connectivity index (χ4n) is 3.83. The topological polar surface area (TPSA) is 92.7 Å². The third-order valence-corrected chi connectivity index (χ3v) is 5.98. The van der Waals surface area contributed by atoms with E-state index in [-0.39, 0.29) is 17.4 Å². The molecule has 0 fully saturated rings. The van der Waals surface area contributed by atoms with Gasteiger partial charge in [0.2, 0.25) is 5.95 Å². The molecular formula is C25H24F2N6O. The average molecular weight is 463 g/mol. The summed E-state index contributed by atoms with van der Waals surface area (Å²) in [6.45, 7) is 4.76. The lowest BCUT2D eigenvalue weighted by atomic mass is 9.87. The fraction of sp³-hybridized carbons (Fsp3) is 0.240. The summed E-state index contributed by atoms with van der Waals surface area (Å²) in [5.41, 5.74) is 2.85. The molecule has 0 saturated carbocycles. The summed E-state index contributed by atoms with van der Waals surface area (Å²) < 4.78 is 27.5. The second kappa shape index (κ2) is 9.86. The minimum atomic E-state index is -0.651. The fourth-order valence-corrected chi connectivity index (χ4v) is 3.83. The Bertz CT molecular complexity index is 1330. The molecule has 4 rings (SSSR count). The zero-order valence-electron chi connectivity index (χ0n) is 19.0. The number of hydrogen-bond donors (Lipinski definition) is 2. The van der Waals surface area contributed by atoms with Crippen LogP contribution in [0.1, 0.15) is 35.7 Å². The van der Waals surface area contributed by atoms with Gasteiger partial charge in [0.25, 0.3) is 5.91 Å². The smallest absolute Gasteiger partial charge is 0.254 e. The van der Waals surface area contributed by atoms with E-state index in [0.717, 1.165) is 11.8 Å². The zero-order chi connectivity index (χ0) is 24.2. The van der Waals surface area contributed by atoms with E-state index in [2.05, 4.69) is 44.4 Å². The van der Waals surface area contributed by atoms with E-state index < -0.39 is 17.7 Å². The second-order valence-corrected chi connectivity index (χ2v) is 8.11. The Labute approximate surface area is 195 Å². The molecule has 34 heavy (non-hydrogen) atoms. The van der Waals surface area contributed by atoms with Crippen LogP contribution in [0.5, 0.6) is 0 Å². The molecule has 0 aliphatic heterocycles. The average Bonchev–Trinajstić information content (AvgIpc) is 2.86. The van der Waals surface area contributed by atoms with Gasteiger partial charge < -0.3 is 10.6 Å². The van der Waals surface area contributed by atoms with Crippen molar-refractivity contribution < 1.29 is 13.6 Å². The van der Waals surface area contributed by atoms with Crippen LogP contribution in [0.3, 0.4) is 0 Å². The predicted octanol–water partition coefficient (Wildman–Crippen LogP) is 4.58. The number of carbonyl (C=O) groups excluding carboxylic acids is 1. The molecule has 9 heteroatoms. The number of rotatable bonds is 7. The largest absolute Gasteiger partial charge is 0.370 e. The third kappa shape index (κ3) is 4.68. The molecule has 174 valence electrons. The van der Waals surface area contributed by atoms with Crippen molar-refractivity contribution in [3.05, 3.63) is 78.0 Å². The van der Waals surface area contributed by atoms with Crippen molar-refractivity contribution in [2.24, 2.45) is 5.92 Å². The molecule has 2 N–H and O–H groups in total. The first-order valence-electron chi connectivity index (χ1n) is 10.9. The molecule has 3 aromatic heterocycles. The number of nitrogens with one attached hydrogen (secondary N) is 2. The quantitative estimate of drug-likeness (QED) is 0.391. The normalized spacial score (nSPS) is 12.9. The molecule has 0 saturated heterocycles. The van der Waals surface area contributed by atoms with Crippen molar-refractivity contribution in [1.29, 1.82) is 0 Å². The number of hydrogen-bond acceptors (Lipinski definition) is 6. The lowest BCUT2D eigenvalue weighted by Crippen LogP contribution is -2.21. The molecule has 0 aliphatic carbocycles. The van der Waals surface area contributed by atoms with Gasteiger partial charge in [0.15, 0.2) is 5.82 Å². The summed E-state index contributed by atoms with van der Waals surface area (Å²) in [5, 5.41) is 6.30. The van der Waals surface area contributed by atoms with Gasteiger partial charge in [0.1, 0.15) is 12.1 Å². The van der Waals surface area contributed by atoms with Crippen molar-refractivity contribution in [3.8, 4) is 11.3 Å². The van der Waals surface area contributed by atoms with Crippen LogP contribution in [0.25, 0.3) is 22.2 Å². The number of pyridine rings is 2. The van der Waals surface area contributed by atoms with Gasteiger partial charge in [-0.3, -0.25) is 9.78 Å². The van der Waals surface area contributed by atoms with Crippen LogP contribution in [0, 0.1) is 17.7 Å². The molecule has 0 bridgehead atoms. The lowest BCUT2D eigenvalue weighted by Gasteiger charge is -2.22. The number of amides is 1. The molecule has 0 spiro atoms. The minimum absolute atomic E-state index is 0.00359. The van der Waals surface area contributed by atoms with Gasteiger partial charge in [-0.2, -0.15) is 4.39 Å². The van der Waals surface area contributed by atoms with Crippen LogP contribution in [-0.4, -0.2) is 39.4 Å². The van der Waals surface area contributed by atoms with Crippen LogP contribution >= 0.6 is 0 Å². The highest BCUT2D eigenvalue weighted by atomic mass is 19.1. The molecule has 3 heterocycles. The standard InChI is InChI=1S/C25H24F2N6O/c1-14(10-30-22-9-20(32-13-33-22)16-7-8-21(27)29-11-16)15(2)17-5-4-6-18-23(25(34)28-3)19(26)12-31-24(17)18/h4-9,11-15H,10H2,1-3H3,(H,28,34)(H,30,32,33). The van der Waals surface area contributed by atoms with Gasteiger partial charge in [-0.1, -0.05) is 32.0 Å². The molecule has 4 aromatic rings. The monoisotopic (exact) mass is 462 g/mol. The molecule has 7 nitrogen and oxygen atoms in total. The highest BCUT2D eigenvalue weighted by Gasteiger charge is 2.21. The van der Waals surface area contributed by atoms with E-state index in [1.807, 2.05) is 12.1 Å². The van der Waals surface area contributed by atoms with Gasteiger partial charge in [-0.15, -0.1) is 0 Å². The van der Waals surface area contributed by atoms with E-state index >= 15 is 0 Å². The van der Waals surface area contributed by atoms with Crippen molar-refractivity contribution in [1.82, 2.24) is 25.3 Å². The summed E-state index contributed by atoms with van der Waals surface area (Å²) in [5.74, 6) is -0.857. The molecule has 0 aliphatic rings. The number of carbonyl (C=O) groups is 1. The highest BCUT2D eigenvalue weighted by Crippen LogP contribution is 2.32. The highest BCUT2D eigenvalue weighted by molar-refractivity contribution is 6.06. The van der Waals surface area contributed by atoms with Gasteiger partial charge >= 0.3 is 0 Å². The summed E-state index contributed by atoms with van der Waals surface area (Å²) in [7, 11) is 1.47. The van der Waals surface area contributed by atoms with Crippen molar-refractivity contribution in [3.63, 3.8) is 0 Å². The number of nitrogens with zero attached hydrogens (tertiary/aromatic N) is 4. The van der Waals surface area contributed by atoms with Crippen LogP contribution in [0.15, 0.2) is 55.1 Å². The van der Waals surface area contributed by atoms with Crippen molar-refractivity contribution in [2.75, 3.05) is 18.9 Å². The second-order valence-electron chi connectivity index (χ2n) is 8.11. The van der Waals surface area contributed by atoms with Crippen LogP contribution < -0.4 is 10.6 Å². The van der Waals surface area contributed by atoms with E-state index in [1.165, 1.54) is 25.6 Å². The van der Waals surface area contributed by atoms with Gasteiger partial charge in [-0.25, -0.2) is 19.3 Å². The van der Waals surface area contributed by atoms with Gasteiger partial charge in [0.05, 0.1) is 23.0 Å². The van der Waals surface area contributed by atoms with E-state index in [1.54, 1.807) is 18.2 Å². The van der Waals surface area contributed by atoms with Crippen molar-refractivity contribution in [2.45, 2.75) is 19.8 Å². The van der Waals surface area contributed by atoms with Gasteiger partial charge in [0, 0.05) is 36.8 Å². The zero-order valence-corrected chi connectivity index (χ0v) is 19.0. The Morgan fingerprint density at radius 1 is 1.03 bits per heavy atom. The Kier molecular flexibility index (Phi) is 6.72. The maximum atomic E-state index is 14.4. The van der Waals surface area contributed by atoms with E-state index in [0.29, 0.717) is 34.5 Å². The van der Waals surface area contributed by atoms with Crippen LogP contribution in [0.4, 0.5) is 14.6 Å². The maximum absolute atomic E-state index is 14.4. The minimum Gasteiger partial charge on any atom is -0.370 e. The molecule has 1 amide bonds. The van der Waals surface area contributed by atoms with Crippen LogP contribution in [-0.2, 0) is 0 Å². The molecule has 2 atom stereocenters. The summed E-state index contributed by atoms with van der Waals surface area (Å²) >= 11 is 0. The van der Waals surface area contributed by atoms with E-state index in [4.69, 9.17) is 0 Å². The summed E-state index contributed by atoms with van der Waals surface area (Å²) in [6, 6.07) is 10.2. The molecule has 2 unspecified atom stereocenters. The summed E-state index contributed by atoms with van der Waals surface area (Å²) in [4.78, 5) is 28.7. The van der Waals surface area contributed by atoms with Crippen molar-refractivity contribution >= 4 is 22.6 Å². The first-order chi connectivity index (χ1) is 16.4. The lowest BCUT2D eigenvalue weighted by molar-refractivity contribution is 0.0960. The number of fused-ring (bicyclic) bond motifs is 1. The maximum Gasteiger partial charge on any atom is 0.254 e. The Balaban J connectivity index is 1.54. The van der Waals surface area contributed by atoms with Gasteiger partial charge in [-0.05, 0) is 29.5 Å². The number of para-hydroxylation sites is 1. The molecular weight excluding hydrogens is 438 g/mol. The molecule has 0 radical (unpaired) electrons. The predicted molar refractivity (Wildman–Crippen MR) is 126 cm³/mol. The Morgan fingerprint density at radius 3 is 2.59 bits per heavy atom. The van der Waals surface area contributed by atoms with E-state index in [9.17, 15) is 13.6 Å². The number of benzene rings is 1. The first kappa shape index (κ1) is 23.2. The first-order valence-corrected chi connectivity index (χ1v) is 10.9. The number of halogens is 2.